The monoisotopic (exact) mass is 247 g/mol. The molecule has 4 unspecified atom stereocenters. The van der Waals surface area contributed by atoms with Crippen molar-refractivity contribution in [3.63, 3.8) is 0 Å². The first-order valence-corrected chi connectivity index (χ1v) is 6.86. The second-order valence-electron chi connectivity index (χ2n) is 5.51. The third-order valence-electron chi connectivity index (χ3n) is 4.25. The van der Waals surface area contributed by atoms with Crippen molar-refractivity contribution < 1.29 is 9.84 Å². The predicted octanol–water partition coefficient (Wildman–Crippen LogP) is 1.97. The van der Waals surface area contributed by atoms with Gasteiger partial charge in [-0.25, -0.2) is 0 Å². The lowest BCUT2D eigenvalue weighted by Gasteiger charge is -2.38. The van der Waals surface area contributed by atoms with Crippen LogP contribution in [0.2, 0.25) is 0 Å². The number of aliphatic hydroxyl groups excluding tert-OH is 1. The smallest absolute Gasteiger partial charge is 0.0942 e. The number of hydrogen-bond acceptors (Lipinski definition) is 3. The van der Waals surface area contributed by atoms with E-state index in [0.717, 1.165) is 18.7 Å². The highest BCUT2D eigenvalue weighted by atomic mass is 16.5. The Morgan fingerprint density at radius 1 is 1.17 bits per heavy atom. The Morgan fingerprint density at radius 2 is 1.78 bits per heavy atom. The summed E-state index contributed by atoms with van der Waals surface area (Å²) in [6, 6.07) is 10.1. The number of hydrogen-bond donors (Lipinski definition) is 1. The van der Waals surface area contributed by atoms with Crippen LogP contribution in [0.5, 0.6) is 0 Å². The molecule has 3 heteroatoms. The second-order valence-corrected chi connectivity index (χ2v) is 5.51. The number of likely N-dealkylation sites (tertiary alicyclic amines) is 1. The summed E-state index contributed by atoms with van der Waals surface area (Å²) in [5, 5.41) is 10.5. The minimum atomic E-state index is -0.413. The molecule has 3 rings (SSSR count). The largest absolute Gasteiger partial charge is 0.387 e. The first kappa shape index (κ1) is 12.2. The maximum absolute atomic E-state index is 10.5. The predicted molar refractivity (Wildman–Crippen MR) is 70.3 cm³/mol. The normalized spacial score (nSPS) is 31.2. The maximum Gasteiger partial charge on any atom is 0.0942 e. The zero-order chi connectivity index (χ0) is 12.5. The van der Waals surface area contributed by atoms with Crippen LogP contribution in [0.15, 0.2) is 30.3 Å². The number of benzene rings is 1. The summed E-state index contributed by atoms with van der Waals surface area (Å²) in [4.78, 5) is 2.38. The van der Waals surface area contributed by atoms with Gasteiger partial charge >= 0.3 is 0 Å². The van der Waals surface area contributed by atoms with Gasteiger partial charge in [0.2, 0.25) is 0 Å². The molecule has 1 aromatic carbocycles. The molecule has 3 nitrogen and oxygen atoms in total. The Hall–Kier alpha value is -0.900. The molecule has 0 radical (unpaired) electrons. The fourth-order valence-electron chi connectivity index (χ4n) is 3.11. The van der Waals surface area contributed by atoms with Gasteiger partial charge < -0.3 is 9.84 Å². The topological polar surface area (TPSA) is 32.7 Å². The van der Waals surface area contributed by atoms with Gasteiger partial charge in [0.25, 0.3) is 0 Å². The zero-order valence-electron chi connectivity index (χ0n) is 10.8. The lowest BCUT2D eigenvalue weighted by atomic mass is 10.0. The van der Waals surface area contributed by atoms with Crippen molar-refractivity contribution >= 4 is 0 Å². The van der Waals surface area contributed by atoms with E-state index in [9.17, 15) is 5.11 Å². The number of fused-ring (bicyclic) bond motifs is 2. The summed E-state index contributed by atoms with van der Waals surface area (Å²) in [5.41, 5.74) is 1.00. The molecule has 2 saturated heterocycles. The molecule has 98 valence electrons. The van der Waals surface area contributed by atoms with E-state index < -0.39 is 6.10 Å². The number of aliphatic hydroxyl groups is 1. The molecule has 2 aliphatic heterocycles. The van der Waals surface area contributed by atoms with Crippen LogP contribution in [0.1, 0.15) is 31.4 Å². The van der Waals surface area contributed by atoms with Gasteiger partial charge in [-0.1, -0.05) is 30.3 Å². The second kappa shape index (κ2) is 5.00. The van der Waals surface area contributed by atoms with Gasteiger partial charge in [-0.3, -0.25) is 4.90 Å². The van der Waals surface area contributed by atoms with Crippen LogP contribution in [0.4, 0.5) is 0 Å². The van der Waals surface area contributed by atoms with Gasteiger partial charge in [-0.05, 0) is 25.3 Å². The van der Waals surface area contributed by atoms with Crippen LogP contribution in [0, 0.1) is 0 Å². The van der Waals surface area contributed by atoms with E-state index in [1.54, 1.807) is 0 Å². The molecule has 0 spiro atoms. The minimum Gasteiger partial charge on any atom is -0.387 e. The minimum absolute atomic E-state index is 0.152. The molecular formula is C15H21NO2. The highest BCUT2D eigenvalue weighted by Crippen LogP contribution is 2.30. The van der Waals surface area contributed by atoms with Crippen LogP contribution in [-0.4, -0.2) is 41.3 Å². The quantitative estimate of drug-likeness (QED) is 0.886. The number of nitrogens with zero attached hydrogens (tertiary/aromatic N) is 1. The van der Waals surface area contributed by atoms with Crippen molar-refractivity contribution in [1.29, 1.82) is 0 Å². The number of rotatable bonds is 3. The average Bonchev–Trinajstić information content (AvgIpc) is 2.77. The summed E-state index contributed by atoms with van der Waals surface area (Å²) < 4.78 is 5.84. The number of ether oxygens (including phenoxy) is 1. The van der Waals surface area contributed by atoms with E-state index in [2.05, 4.69) is 11.8 Å². The van der Waals surface area contributed by atoms with Crippen molar-refractivity contribution in [2.75, 3.05) is 13.1 Å². The molecule has 2 heterocycles. The molecule has 0 saturated carbocycles. The molecular weight excluding hydrogens is 226 g/mol. The summed E-state index contributed by atoms with van der Waals surface area (Å²) >= 11 is 0. The van der Waals surface area contributed by atoms with Crippen LogP contribution >= 0.6 is 0 Å². The Morgan fingerprint density at radius 3 is 2.39 bits per heavy atom. The van der Waals surface area contributed by atoms with Crippen molar-refractivity contribution in [3.05, 3.63) is 35.9 Å². The van der Waals surface area contributed by atoms with Crippen LogP contribution < -0.4 is 0 Å². The Bertz CT molecular complexity index is 383. The van der Waals surface area contributed by atoms with Crippen LogP contribution in [-0.2, 0) is 4.74 Å². The molecule has 0 amide bonds. The van der Waals surface area contributed by atoms with Gasteiger partial charge in [0.15, 0.2) is 0 Å². The molecule has 0 aliphatic carbocycles. The molecule has 18 heavy (non-hydrogen) atoms. The fourth-order valence-corrected chi connectivity index (χ4v) is 3.11. The zero-order valence-corrected chi connectivity index (χ0v) is 10.8. The summed E-state index contributed by atoms with van der Waals surface area (Å²) in [6.45, 7) is 4.03. The summed E-state index contributed by atoms with van der Waals surface area (Å²) in [5.74, 6) is 0. The van der Waals surface area contributed by atoms with Gasteiger partial charge in [-0.15, -0.1) is 0 Å². The van der Waals surface area contributed by atoms with E-state index in [1.807, 2.05) is 30.3 Å². The van der Waals surface area contributed by atoms with E-state index in [0.29, 0.717) is 12.2 Å². The fraction of sp³-hybridized carbons (Fsp3) is 0.600. The molecule has 2 bridgehead atoms. The van der Waals surface area contributed by atoms with Gasteiger partial charge in [0.1, 0.15) is 0 Å². The first-order valence-electron chi connectivity index (χ1n) is 6.86. The third-order valence-corrected chi connectivity index (χ3v) is 4.25. The Labute approximate surface area is 108 Å². The lowest BCUT2D eigenvalue weighted by molar-refractivity contribution is -0.0695. The number of morpholine rings is 1. The molecule has 1 N–H and O–H groups in total. The van der Waals surface area contributed by atoms with E-state index in [1.165, 1.54) is 12.8 Å². The molecule has 0 aromatic heterocycles. The summed E-state index contributed by atoms with van der Waals surface area (Å²) in [7, 11) is 0. The molecule has 2 fully saturated rings. The van der Waals surface area contributed by atoms with Crippen molar-refractivity contribution in [1.82, 2.24) is 4.90 Å². The average molecular weight is 247 g/mol. The van der Waals surface area contributed by atoms with Crippen molar-refractivity contribution in [3.8, 4) is 0 Å². The maximum atomic E-state index is 10.5. The van der Waals surface area contributed by atoms with E-state index >= 15 is 0 Å². The van der Waals surface area contributed by atoms with Crippen molar-refractivity contribution in [2.45, 2.75) is 44.1 Å². The Kier molecular flexibility index (Phi) is 3.37. The molecule has 1 aromatic rings. The standard InChI is InChI=1S/C15H21NO2/c1-11(15(17)12-5-3-2-4-6-12)16-9-13-7-8-14(10-16)18-13/h2-6,11,13-15,17H,7-10H2,1H3. The van der Waals surface area contributed by atoms with Crippen LogP contribution in [0.3, 0.4) is 0 Å². The summed E-state index contributed by atoms with van der Waals surface area (Å²) in [6.07, 6.45) is 2.71. The SMILES string of the molecule is CC(C(O)c1ccccc1)N1CC2CCC(C1)O2. The highest BCUT2D eigenvalue weighted by Gasteiger charge is 2.37. The Balaban J connectivity index is 1.69. The van der Waals surface area contributed by atoms with Gasteiger partial charge in [0.05, 0.1) is 18.3 Å². The third kappa shape index (κ3) is 2.30. The first-order chi connectivity index (χ1) is 8.74. The lowest BCUT2D eigenvalue weighted by Crippen LogP contribution is -2.48. The van der Waals surface area contributed by atoms with Gasteiger partial charge in [-0.2, -0.15) is 0 Å². The molecule has 4 atom stereocenters. The molecule has 2 aliphatic rings. The highest BCUT2D eigenvalue weighted by molar-refractivity contribution is 5.18. The van der Waals surface area contributed by atoms with E-state index in [-0.39, 0.29) is 6.04 Å². The van der Waals surface area contributed by atoms with Gasteiger partial charge in [0, 0.05) is 19.1 Å². The van der Waals surface area contributed by atoms with Crippen molar-refractivity contribution in [2.24, 2.45) is 0 Å². The van der Waals surface area contributed by atoms with E-state index in [4.69, 9.17) is 4.74 Å². The van der Waals surface area contributed by atoms with Crippen LogP contribution in [0.25, 0.3) is 0 Å².